The van der Waals surface area contributed by atoms with E-state index in [4.69, 9.17) is 44.9 Å². The number of carboxylic acids is 1. The molecular formula is C21H14Cl2N2O4S. The Bertz CT molecular complexity index is 1140. The van der Waals surface area contributed by atoms with Crippen LogP contribution in [0.3, 0.4) is 0 Å². The molecule has 0 saturated carbocycles. The van der Waals surface area contributed by atoms with Gasteiger partial charge in [-0.3, -0.25) is 10.1 Å². The lowest BCUT2D eigenvalue weighted by Gasteiger charge is -2.09. The molecule has 1 aromatic heterocycles. The Morgan fingerprint density at radius 3 is 2.43 bits per heavy atom. The molecule has 3 N–H and O–H groups in total. The first-order valence-corrected chi connectivity index (χ1v) is 9.67. The summed E-state index contributed by atoms with van der Waals surface area (Å²) in [4.78, 5) is 23.0. The third-order valence-corrected chi connectivity index (χ3v) is 4.62. The lowest BCUT2D eigenvalue weighted by molar-refractivity contribution is -0.115. The number of nitrogens with one attached hydrogen (secondary N) is 2. The summed E-state index contributed by atoms with van der Waals surface area (Å²) in [5.74, 6) is -0.467. The summed E-state index contributed by atoms with van der Waals surface area (Å²) in [6, 6.07) is 14.9. The summed E-state index contributed by atoms with van der Waals surface area (Å²) in [5, 5.41) is 14.9. The van der Waals surface area contributed by atoms with Crippen LogP contribution in [0.15, 0.2) is 65.1 Å². The maximum atomic E-state index is 12.1. The number of rotatable bonds is 5. The molecule has 0 aliphatic carbocycles. The van der Waals surface area contributed by atoms with Gasteiger partial charge in [-0.05, 0) is 72.9 Å². The van der Waals surface area contributed by atoms with E-state index >= 15 is 0 Å². The molecule has 0 aliphatic heterocycles. The van der Waals surface area contributed by atoms with E-state index in [0.717, 1.165) is 5.56 Å². The SMILES string of the molecule is O=C(/C=C/c1ccc(-c2ccc(Cl)cc2)o1)NC(=S)Nc1ccc(C(=O)O)c(Cl)c1. The number of hydrogen-bond acceptors (Lipinski definition) is 4. The van der Waals surface area contributed by atoms with Crippen LogP contribution in [0.2, 0.25) is 10.0 Å². The van der Waals surface area contributed by atoms with E-state index in [1.807, 2.05) is 12.1 Å². The molecular weight excluding hydrogens is 447 g/mol. The number of hydrogen-bond donors (Lipinski definition) is 3. The minimum Gasteiger partial charge on any atom is -0.478 e. The van der Waals surface area contributed by atoms with Crippen molar-refractivity contribution in [3.63, 3.8) is 0 Å². The molecule has 0 radical (unpaired) electrons. The number of anilines is 1. The van der Waals surface area contributed by atoms with Gasteiger partial charge in [0.15, 0.2) is 5.11 Å². The molecule has 0 bridgehead atoms. The Balaban J connectivity index is 1.57. The van der Waals surface area contributed by atoms with Crippen LogP contribution in [-0.4, -0.2) is 22.1 Å². The van der Waals surface area contributed by atoms with E-state index < -0.39 is 11.9 Å². The topological polar surface area (TPSA) is 91.6 Å². The molecule has 6 nitrogen and oxygen atoms in total. The van der Waals surface area contributed by atoms with Gasteiger partial charge in [-0.1, -0.05) is 23.2 Å². The molecule has 1 amide bonds. The Kier molecular flexibility index (Phi) is 6.89. The van der Waals surface area contributed by atoms with E-state index in [-0.39, 0.29) is 15.7 Å². The number of halogens is 2. The Morgan fingerprint density at radius 1 is 1.03 bits per heavy atom. The molecule has 2 aromatic carbocycles. The third-order valence-electron chi connectivity index (χ3n) is 3.85. The molecule has 0 spiro atoms. The lowest BCUT2D eigenvalue weighted by atomic mass is 10.2. The van der Waals surface area contributed by atoms with Crippen LogP contribution in [0, 0.1) is 0 Å². The molecule has 0 aliphatic rings. The van der Waals surface area contributed by atoms with Gasteiger partial charge in [0, 0.05) is 22.3 Å². The van der Waals surface area contributed by atoms with Crippen molar-refractivity contribution in [1.29, 1.82) is 0 Å². The van der Waals surface area contributed by atoms with Gasteiger partial charge >= 0.3 is 5.97 Å². The van der Waals surface area contributed by atoms with Crippen LogP contribution in [0.4, 0.5) is 5.69 Å². The number of aromatic carboxylic acids is 1. The largest absolute Gasteiger partial charge is 0.478 e. The van der Waals surface area contributed by atoms with E-state index in [1.165, 1.54) is 30.4 Å². The smallest absolute Gasteiger partial charge is 0.337 e. The molecule has 1 heterocycles. The molecule has 3 aromatic rings. The summed E-state index contributed by atoms with van der Waals surface area (Å²) in [6.07, 6.45) is 2.79. The van der Waals surface area contributed by atoms with Gasteiger partial charge in [0.2, 0.25) is 5.91 Å². The highest BCUT2D eigenvalue weighted by Gasteiger charge is 2.10. The van der Waals surface area contributed by atoms with Gasteiger partial charge < -0.3 is 14.8 Å². The van der Waals surface area contributed by atoms with E-state index in [9.17, 15) is 9.59 Å². The maximum absolute atomic E-state index is 12.1. The summed E-state index contributed by atoms with van der Waals surface area (Å²) < 4.78 is 5.68. The zero-order chi connectivity index (χ0) is 21.7. The standard InChI is InChI=1S/C21H14Cl2N2O4S/c22-13-3-1-12(2-4-13)18-9-6-15(29-18)7-10-19(26)25-21(30)24-14-5-8-16(20(27)28)17(23)11-14/h1-11H,(H,27,28)(H2,24,25,26,30)/b10-7+. The fourth-order valence-electron chi connectivity index (χ4n) is 2.45. The molecule has 3 rings (SSSR count). The first-order valence-electron chi connectivity index (χ1n) is 8.50. The summed E-state index contributed by atoms with van der Waals surface area (Å²) in [7, 11) is 0. The predicted molar refractivity (Wildman–Crippen MR) is 121 cm³/mol. The number of thiocarbonyl (C=S) groups is 1. The predicted octanol–water partition coefficient (Wildman–Crippen LogP) is 5.48. The number of amides is 1. The van der Waals surface area contributed by atoms with Crippen molar-refractivity contribution < 1.29 is 19.1 Å². The monoisotopic (exact) mass is 460 g/mol. The summed E-state index contributed by atoms with van der Waals surface area (Å²) in [5.41, 5.74) is 1.27. The number of furan rings is 1. The molecule has 30 heavy (non-hydrogen) atoms. The minimum absolute atomic E-state index is 0.0310. The van der Waals surface area contributed by atoms with Gasteiger partial charge in [-0.2, -0.15) is 0 Å². The summed E-state index contributed by atoms with van der Waals surface area (Å²) >= 11 is 16.9. The van der Waals surface area contributed by atoms with E-state index in [0.29, 0.717) is 22.2 Å². The summed E-state index contributed by atoms with van der Waals surface area (Å²) in [6.45, 7) is 0. The second kappa shape index (κ2) is 9.58. The van der Waals surface area contributed by atoms with E-state index in [2.05, 4.69) is 10.6 Å². The molecule has 9 heteroatoms. The van der Waals surface area contributed by atoms with Gasteiger partial charge in [-0.25, -0.2) is 4.79 Å². The average molecular weight is 461 g/mol. The second-order valence-corrected chi connectivity index (χ2v) is 7.24. The van der Waals surface area contributed by atoms with Crippen molar-refractivity contribution >= 4 is 64.2 Å². The van der Waals surface area contributed by atoms with Crippen LogP contribution in [0.1, 0.15) is 16.1 Å². The number of carbonyl (C=O) groups is 2. The fourth-order valence-corrected chi connectivity index (χ4v) is 3.06. The van der Waals surface area contributed by atoms with Crippen molar-refractivity contribution in [2.45, 2.75) is 0 Å². The zero-order valence-electron chi connectivity index (χ0n) is 15.2. The average Bonchev–Trinajstić information content (AvgIpc) is 3.15. The van der Waals surface area contributed by atoms with Gasteiger partial charge in [0.05, 0.1) is 10.6 Å². The van der Waals surface area contributed by atoms with Gasteiger partial charge in [0.1, 0.15) is 11.5 Å². The first-order chi connectivity index (χ1) is 14.3. The highest BCUT2D eigenvalue weighted by atomic mass is 35.5. The molecule has 0 saturated heterocycles. The third kappa shape index (κ3) is 5.70. The Hall–Kier alpha value is -3.13. The van der Waals surface area contributed by atoms with Crippen LogP contribution in [0.5, 0.6) is 0 Å². The second-order valence-electron chi connectivity index (χ2n) is 5.99. The zero-order valence-corrected chi connectivity index (χ0v) is 17.5. The lowest BCUT2D eigenvalue weighted by Crippen LogP contribution is -2.32. The van der Waals surface area contributed by atoms with Crippen molar-refractivity contribution in [2.75, 3.05) is 5.32 Å². The Labute approximate surface area is 187 Å². The van der Waals surface area contributed by atoms with Crippen molar-refractivity contribution in [3.8, 4) is 11.3 Å². The maximum Gasteiger partial charge on any atom is 0.337 e. The fraction of sp³-hybridized carbons (Fsp3) is 0. The van der Waals surface area contributed by atoms with Crippen LogP contribution < -0.4 is 10.6 Å². The molecule has 0 atom stereocenters. The number of benzene rings is 2. The Morgan fingerprint density at radius 2 is 1.77 bits per heavy atom. The highest BCUT2D eigenvalue weighted by molar-refractivity contribution is 7.80. The van der Waals surface area contributed by atoms with Crippen LogP contribution in [-0.2, 0) is 4.79 Å². The highest BCUT2D eigenvalue weighted by Crippen LogP contribution is 2.24. The molecule has 0 fully saturated rings. The number of carboxylic acid groups (broad SMARTS) is 1. The minimum atomic E-state index is -1.13. The van der Waals surface area contributed by atoms with Gasteiger partial charge in [0.25, 0.3) is 0 Å². The van der Waals surface area contributed by atoms with Crippen LogP contribution in [0.25, 0.3) is 17.4 Å². The normalized spacial score (nSPS) is 10.7. The van der Waals surface area contributed by atoms with Gasteiger partial charge in [-0.15, -0.1) is 0 Å². The van der Waals surface area contributed by atoms with Crippen molar-refractivity contribution in [2.24, 2.45) is 0 Å². The quantitative estimate of drug-likeness (QED) is 0.345. The molecule has 0 unspecified atom stereocenters. The molecule has 152 valence electrons. The van der Waals surface area contributed by atoms with Crippen molar-refractivity contribution in [3.05, 3.63) is 82.0 Å². The number of carbonyl (C=O) groups excluding carboxylic acids is 1. The van der Waals surface area contributed by atoms with E-state index in [1.54, 1.807) is 24.3 Å². The van der Waals surface area contributed by atoms with Crippen LogP contribution >= 0.6 is 35.4 Å². The first kappa shape index (κ1) is 21.6. The van der Waals surface area contributed by atoms with Crippen molar-refractivity contribution in [1.82, 2.24) is 5.32 Å².